The fourth-order valence-electron chi connectivity index (χ4n) is 2.40. The molecule has 0 saturated carbocycles. The summed E-state index contributed by atoms with van der Waals surface area (Å²) in [5.74, 6) is 1.24. The van der Waals surface area contributed by atoms with Gasteiger partial charge in [0.15, 0.2) is 0 Å². The lowest BCUT2D eigenvalue weighted by molar-refractivity contribution is 0.110. The lowest BCUT2D eigenvalue weighted by Crippen LogP contribution is -2.49. The van der Waals surface area contributed by atoms with Crippen LogP contribution in [0.1, 0.15) is 41.0 Å². The maximum absolute atomic E-state index is 5.96. The van der Waals surface area contributed by atoms with Crippen molar-refractivity contribution in [2.45, 2.75) is 51.8 Å². The fourth-order valence-corrected chi connectivity index (χ4v) is 3.51. The van der Waals surface area contributed by atoms with Gasteiger partial charge in [-0.15, -0.1) is 0 Å². The van der Waals surface area contributed by atoms with Gasteiger partial charge in [-0.1, -0.05) is 34.6 Å². The molecule has 1 rings (SSSR count). The summed E-state index contributed by atoms with van der Waals surface area (Å²) < 4.78 is 0.436. The van der Waals surface area contributed by atoms with Crippen LogP contribution < -0.4 is 5.73 Å². The molecule has 96 valence electrons. The minimum absolute atomic E-state index is 0.286. The lowest BCUT2D eigenvalue weighted by atomic mass is 9.85. The zero-order valence-electron chi connectivity index (χ0n) is 11.5. The van der Waals surface area contributed by atoms with Crippen molar-refractivity contribution in [3.05, 3.63) is 0 Å². The zero-order valence-corrected chi connectivity index (χ0v) is 12.4. The lowest BCUT2D eigenvalue weighted by Gasteiger charge is -2.39. The summed E-state index contributed by atoms with van der Waals surface area (Å²) in [4.78, 5) is 2.60. The summed E-state index contributed by atoms with van der Waals surface area (Å²) in [6.45, 7) is 14.8. The number of thioether (sulfide) groups is 1. The van der Waals surface area contributed by atoms with Gasteiger partial charge >= 0.3 is 0 Å². The van der Waals surface area contributed by atoms with E-state index < -0.39 is 0 Å². The topological polar surface area (TPSA) is 29.3 Å². The van der Waals surface area contributed by atoms with E-state index in [4.69, 9.17) is 5.73 Å². The van der Waals surface area contributed by atoms with Crippen molar-refractivity contribution in [1.29, 1.82) is 0 Å². The van der Waals surface area contributed by atoms with Gasteiger partial charge in [-0.2, -0.15) is 11.8 Å². The molecule has 0 aromatic carbocycles. The highest BCUT2D eigenvalue weighted by atomic mass is 32.2. The predicted molar refractivity (Wildman–Crippen MR) is 75.0 cm³/mol. The molecule has 1 heterocycles. The second-order valence-corrected chi connectivity index (χ2v) is 8.31. The molecule has 1 unspecified atom stereocenters. The Morgan fingerprint density at radius 2 is 1.94 bits per heavy atom. The average molecular weight is 244 g/mol. The number of nitrogens with two attached hydrogens (primary N) is 1. The molecular formula is C13H28N2S. The Labute approximate surface area is 105 Å². The molecule has 0 aliphatic carbocycles. The van der Waals surface area contributed by atoms with E-state index >= 15 is 0 Å². The predicted octanol–water partition coefficient (Wildman–Crippen LogP) is 2.58. The van der Waals surface area contributed by atoms with Gasteiger partial charge in [0.1, 0.15) is 0 Å². The smallest absolute Gasteiger partial charge is 0.0267 e. The zero-order chi connectivity index (χ0) is 12.4. The third-order valence-electron chi connectivity index (χ3n) is 3.54. The number of hydrogen-bond acceptors (Lipinski definition) is 3. The molecule has 1 aliphatic heterocycles. The van der Waals surface area contributed by atoms with Crippen molar-refractivity contribution in [2.24, 2.45) is 11.1 Å². The summed E-state index contributed by atoms with van der Waals surface area (Å²) in [6.07, 6.45) is 1.27. The van der Waals surface area contributed by atoms with Crippen LogP contribution in [-0.4, -0.2) is 41.1 Å². The Morgan fingerprint density at radius 1 is 1.31 bits per heavy atom. The van der Waals surface area contributed by atoms with Crippen LogP contribution in [0.5, 0.6) is 0 Å². The molecule has 0 amide bonds. The summed E-state index contributed by atoms with van der Waals surface area (Å²) >= 11 is 2.10. The maximum Gasteiger partial charge on any atom is 0.0267 e. The first-order valence-corrected chi connectivity index (χ1v) is 7.33. The Kier molecular flexibility index (Phi) is 4.73. The molecule has 1 fully saturated rings. The summed E-state index contributed by atoms with van der Waals surface area (Å²) in [7, 11) is 0. The van der Waals surface area contributed by atoms with E-state index in [0.29, 0.717) is 10.8 Å². The quantitative estimate of drug-likeness (QED) is 0.809. The van der Waals surface area contributed by atoms with Gasteiger partial charge in [0.05, 0.1) is 0 Å². The highest BCUT2D eigenvalue weighted by Gasteiger charge is 2.32. The Morgan fingerprint density at radius 3 is 2.44 bits per heavy atom. The highest BCUT2D eigenvalue weighted by molar-refractivity contribution is 8.00. The van der Waals surface area contributed by atoms with Gasteiger partial charge in [-0.05, 0) is 18.4 Å². The Hall–Kier alpha value is 0.270. The second kappa shape index (κ2) is 5.28. The molecule has 0 radical (unpaired) electrons. The van der Waals surface area contributed by atoms with E-state index in [1.165, 1.54) is 25.3 Å². The van der Waals surface area contributed by atoms with E-state index in [-0.39, 0.29) is 5.41 Å². The van der Waals surface area contributed by atoms with Gasteiger partial charge in [0.25, 0.3) is 0 Å². The van der Waals surface area contributed by atoms with E-state index in [2.05, 4.69) is 51.3 Å². The molecule has 16 heavy (non-hydrogen) atoms. The summed E-state index contributed by atoms with van der Waals surface area (Å²) in [6, 6.07) is 0.516. The largest absolute Gasteiger partial charge is 0.329 e. The Balaban J connectivity index is 2.66. The third-order valence-corrected chi connectivity index (χ3v) is 4.91. The van der Waals surface area contributed by atoms with Gasteiger partial charge in [0.2, 0.25) is 0 Å². The highest BCUT2D eigenvalue weighted by Crippen LogP contribution is 2.33. The normalized spacial score (nSPS) is 25.1. The van der Waals surface area contributed by atoms with Crippen molar-refractivity contribution >= 4 is 11.8 Å². The first-order valence-electron chi connectivity index (χ1n) is 6.34. The van der Waals surface area contributed by atoms with Crippen molar-refractivity contribution < 1.29 is 0 Å². The molecule has 2 N–H and O–H groups in total. The molecule has 1 aliphatic rings. The van der Waals surface area contributed by atoms with Gasteiger partial charge in [-0.3, -0.25) is 4.90 Å². The monoisotopic (exact) mass is 244 g/mol. The van der Waals surface area contributed by atoms with E-state index in [1.807, 2.05) is 0 Å². The van der Waals surface area contributed by atoms with Crippen molar-refractivity contribution in [2.75, 3.05) is 25.4 Å². The van der Waals surface area contributed by atoms with Crippen LogP contribution in [0.2, 0.25) is 0 Å². The molecule has 1 saturated heterocycles. The number of nitrogens with zero attached hydrogens (tertiary/aromatic N) is 1. The van der Waals surface area contributed by atoms with Crippen LogP contribution >= 0.6 is 11.8 Å². The standard InChI is InChI=1S/C13H28N2S/c1-12(2,3)11(10-14)15-7-6-13(4,5)16-9-8-15/h11H,6-10,14H2,1-5H3. The van der Waals surface area contributed by atoms with Crippen LogP contribution in [0.25, 0.3) is 0 Å². The average Bonchev–Trinajstić information content (AvgIpc) is 2.27. The van der Waals surface area contributed by atoms with Gasteiger partial charge in [0, 0.05) is 29.6 Å². The van der Waals surface area contributed by atoms with Crippen LogP contribution in [0.4, 0.5) is 0 Å². The van der Waals surface area contributed by atoms with E-state index in [0.717, 1.165) is 6.54 Å². The van der Waals surface area contributed by atoms with Crippen LogP contribution in [0.15, 0.2) is 0 Å². The number of hydrogen-bond donors (Lipinski definition) is 1. The molecule has 0 bridgehead atoms. The fraction of sp³-hybridized carbons (Fsp3) is 1.00. The van der Waals surface area contributed by atoms with Crippen LogP contribution in [0.3, 0.4) is 0 Å². The first-order chi connectivity index (χ1) is 7.26. The molecule has 0 aromatic heterocycles. The van der Waals surface area contributed by atoms with E-state index in [9.17, 15) is 0 Å². The molecule has 1 atom stereocenters. The van der Waals surface area contributed by atoms with Crippen LogP contribution in [-0.2, 0) is 0 Å². The molecule has 2 nitrogen and oxygen atoms in total. The van der Waals surface area contributed by atoms with Crippen molar-refractivity contribution in [1.82, 2.24) is 4.90 Å². The van der Waals surface area contributed by atoms with Crippen molar-refractivity contribution in [3.8, 4) is 0 Å². The molecular weight excluding hydrogens is 216 g/mol. The maximum atomic E-state index is 5.96. The third kappa shape index (κ3) is 3.94. The minimum Gasteiger partial charge on any atom is -0.329 e. The SMILES string of the molecule is CC1(C)CCN(C(CN)C(C)(C)C)CCS1. The van der Waals surface area contributed by atoms with Gasteiger partial charge in [-0.25, -0.2) is 0 Å². The summed E-state index contributed by atoms with van der Waals surface area (Å²) in [5, 5.41) is 0. The first kappa shape index (κ1) is 14.3. The van der Waals surface area contributed by atoms with E-state index in [1.54, 1.807) is 0 Å². The molecule has 0 spiro atoms. The summed E-state index contributed by atoms with van der Waals surface area (Å²) in [5.41, 5.74) is 6.25. The van der Waals surface area contributed by atoms with Crippen LogP contribution in [0, 0.1) is 5.41 Å². The number of rotatable bonds is 2. The van der Waals surface area contributed by atoms with Crippen molar-refractivity contribution in [3.63, 3.8) is 0 Å². The molecule has 0 aromatic rings. The molecule has 3 heteroatoms. The second-order valence-electron chi connectivity index (χ2n) is 6.51. The van der Waals surface area contributed by atoms with Gasteiger partial charge < -0.3 is 5.73 Å². The Bertz CT molecular complexity index is 220. The minimum atomic E-state index is 0.286.